The number of ether oxygens (including phenoxy) is 2. The molecule has 1 aromatic rings. The Labute approximate surface area is 209 Å². The Balaban J connectivity index is 1.57. The minimum absolute atomic E-state index is 0.130. The number of carbonyl (C=O) groups is 1. The topological polar surface area (TPSA) is 86.0 Å². The molecule has 0 saturated carbocycles. The van der Waals surface area contributed by atoms with Gasteiger partial charge in [0.1, 0.15) is 11.8 Å². The Bertz CT molecular complexity index is 973. The van der Waals surface area contributed by atoms with Crippen LogP contribution in [0.4, 0.5) is 0 Å². The van der Waals surface area contributed by atoms with E-state index in [1.807, 2.05) is 31.2 Å². The zero-order valence-corrected chi connectivity index (χ0v) is 21.5. The quantitative estimate of drug-likeness (QED) is 0.570. The van der Waals surface area contributed by atoms with Crippen molar-refractivity contribution >= 4 is 5.97 Å². The van der Waals surface area contributed by atoms with Crippen molar-refractivity contribution in [3.05, 3.63) is 52.6 Å². The zero-order chi connectivity index (χ0) is 25.4. The Morgan fingerprint density at radius 2 is 2.03 bits per heavy atom. The van der Waals surface area contributed by atoms with Crippen molar-refractivity contribution in [3.8, 4) is 11.8 Å². The van der Waals surface area contributed by atoms with Crippen LogP contribution in [0, 0.1) is 17.2 Å². The van der Waals surface area contributed by atoms with Gasteiger partial charge in [-0.25, -0.2) is 0 Å². The molecule has 35 heavy (non-hydrogen) atoms. The molecule has 2 heterocycles. The van der Waals surface area contributed by atoms with Crippen molar-refractivity contribution in [1.82, 2.24) is 9.80 Å². The van der Waals surface area contributed by atoms with Crippen LogP contribution in [-0.2, 0) is 16.0 Å². The summed E-state index contributed by atoms with van der Waals surface area (Å²) < 4.78 is 10.7. The Morgan fingerprint density at radius 3 is 2.69 bits per heavy atom. The molecule has 7 nitrogen and oxygen atoms in total. The van der Waals surface area contributed by atoms with Crippen LogP contribution in [0.1, 0.15) is 44.7 Å². The number of nitriles is 1. The van der Waals surface area contributed by atoms with Crippen LogP contribution >= 0.6 is 0 Å². The first-order valence-corrected chi connectivity index (χ1v) is 12.6. The van der Waals surface area contributed by atoms with E-state index < -0.39 is 6.10 Å². The number of cyclic esters (lactones) is 1. The number of esters is 1. The number of aliphatic hydroxyl groups excluding tert-OH is 1. The van der Waals surface area contributed by atoms with Crippen LogP contribution in [0.3, 0.4) is 0 Å². The van der Waals surface area contributed by atoms with Crippen LogP contribution in [0.5, 0.6) is 5.75 Å². The lowest BCUT2D eigenvalue weighted by atomic mass is 9.91. The third kappa shape index (κ3) is 7.17. The summed E-state index contributed by atoms with van der Waals surface area (Å²) in [4.78, 5) is 16.6. The molecule has 1 fully saturated rings. The lowest BCUT2D eigenvalue weighted by Gasteiger charge is -2.39. The van der Waals surface area contributed by atoms with E-state index in [1.165, 1.54) is 0 Å². The number of rotatable bonds is 8. The number of aliphatic hydroxyl groups is 1. The lowest BCUT2D eigenvalue weighted by Crippen LogP contribution is -2.51. The Morgan fingerprint density at radius 1 is 1.29 bits per heavy atom. The van der Waals surface area contributed by atoms with Crippen LogP contribution in [0.15, 0.2) is 41.5 Å². The number of hydrogen-bond donors (Lipinski definition) is 1. The molecular formula is C28H39N3O4. The van der Waals surface area contributed by atoms with Gasteiger partial charge in [0.25, 0.3) is 0 Å². The highest BCUT2D eigenvalue weighted by Crippen LogP contribution is 2.25. The van der Waals surface area contributed by atoms with E-state index in [0.29, 0.717) is 30.5 Å². The van der Waals surface area contributed by atoms with E-state index in [9.17, 15) is 15.2 Å². The van der Waals surface area contributed by atoms with Gasteiger partial charge in [0.05, 0.1) is 31.8 Å². The monoisotopic (exact) mass is 481 g/mol. The molecular weight excluding hydrogens is 442 g/mol. The zero-order valence-electron chi connectivity index (χ0n) is 21.5. The third-order valence-corrected chi connectivity index (χ3v) is 7.33. The van der Waals surface area contributed by atoms with Gasteiger partial charge in [0.2, 0.25) is 0 Å². The van der Waals surface area contributed by atoms with E-state index in [2.05, 4.69) is 29.7 Å². The molecule has 1 aromatic carbocycles. The number of β-amino-alcohol motifs (C(OH)–C–C–N with tert-alkyl or cyclic N) is 1. The standard InChI is InChI=1S/C28H39N3O4/c1-5-23-19-35-28(33)8-6-7-25(21(23)3)26(32)18-30-11-13-31(14-12-30)20(2)15-22-9-10-24(17-29)27(16-22)34-4/h6-7,9-10,16,20,23,26,32H,5,8,11-15,18-19H2,1-4H3. The minimum atomic E-state index is -0.594. The first-order chi connectivity index (χ1) is 16.9. The van der Waals surface area contributed by atoms with Gasteiger partial charge in [-0.2, -0.15) is 5.26 Å². The van der Waals surface area contributed by atoms with E-state index in [4.69, 9.17) is 9.47 Å². The third-order valence-electron chi connectivity index (χ3n) is 7.33. The summed E-state index contributed by atoms with van der Waals surface area (Å²) in [5, 5.41) is 20.3. The number of benzene rings is 1. The van der Waals surface area contributed by atoms with Gasteiger partial charge in [-0.3, -0.25) is 14.6 Å². The average Bonchev–Trinajstić information content (AvgIpc) is 2.93. The Kier molecular flexibility index (Phi) is 9.91. The summed E-state index contributed by atoms with van der Waals surface area (Å²) in [5.74, 6) is 0.540. The van der Waals surface area contributed by atoms with Gasteiger partial charge in [-0.15, -0.1) is 0 Å². The van der Waals surface area contributed by atoms with Crippen molar-refractivity contribution in [1.29, 1.82) is 5.26 Å². The molecule has 3 atom stereocenters. The van der Waals surface area contributed by atoms with Crippen molar-refractivity contribution in [2.45, 2.75) is 52.2 Å². The number of hydrogen-bond acceptors (Lipinski definition) is 7. The largest absolute Gasteiger partial charge is 0.495 e. The van der Waals surface area contributed by atoms with E-state index in [0.717, 1.165) is 55.7 Å². The van der Waals surface area contributed by atoms with Crippen molar-refractivity contribution in [3.63, 3.8) is 0 Å². The number of piperazine rings is 1. The summed E-state index contributed by atoms with van der Waals surface area (Å²) in [6.45, 7) is 11.0. The maximum Gasteiger partial charge on any atom is 0.309 e. The van der Waals surface area contributed by atoms with Crippen molar-refractivity contribution in [2.24, 2.45) is 5.92 Å². The second kappa shape index (κ2) is 12.9. The maximum atomic E-state index is 11.8. The molecule has 0 radical (unpaired) electrons. The van der Waals surface area contributed by atoms with Crippen molar-refractivity contribution < 1.29 is 19.4 Å². The van der Waals surface area contributed by atoms with Gasteiger partial charge < -0.3 is 14.6 Å². The summed E-state index contributed by atoms with van der Waals surface area (Å²) in [6.07, 6.45) is 5.12. The fraction of sp³-hybridized carbons (Fsp3) is 0.571. The molecule has 2 aliphatic rings. The fourth-order valence-corrected chi connectivity index (χ4v) is 4.98. The molecule has 0 spiro atoms. The highest BCUT2D eigenvalue weighted by atomic mass is 16.5. The van der Waals surface area contributed by atoms with Crippen LogP contribution in [-0.4, -0.2) is 79.5 Å². The van der Waals surface area contributed by atoms with E-state index in [1.54, 1.807) is 13.2 Å². The summed E-state index contributed by atoms with van der Waals surface area (Å²) in [7, 11) is 1.60. The predicted molar refractivity (Wildman–Crippen MR) is 136 cm³/mol. The number of carbonyl (C=O) groups excluding carboxylic acids is 1. The molecule has 2 aliphatic heterocycles. The minimum Gasteiger partial charge on any atom is -0.495 e. The molecule has 0 bridgehead atoms. The molecule has 1 N–H and O–H groups in total. The van der Waals surface area contributed by atoms with E-state index >= 15 is 0 Å². The van der Waals surface area contributed by atoms with Gasteiger partial charge in [-0.05, 0) is 50.0 Å². The van der Waals surface area contributed by atoms with Gasteiger partial charge in [0.15, 0.2) is 0 Å². The normalized spacial score (nSPS) is 21.9. The molecule has 1 saturated heterocycles. The highest BCUT2D eigenvalue weighted by Gasteiger charge is 2.26. The van der Waals surface area contributed by atoms with Crippen molar-refractivity contribution in [2.75, 3.05) is 46.4 Å². The van der Waals surface area contributed by atoms with E-state index in [-0.39, 0.29) is 18.3 Å². The van der Waals surface area contributed by atoms with Crippen LogP contribution in [0.2, 0.25) is 0 Å². The van der Waals surface area contributed by atoms with Crippen LogP contribution < -0.4 is 4.74 Å². The van der Waals surface area contributed by atoms with Gasteiger partial charge in [-0.1, -0.05) is 30.7 Å². The van der Waals surface area contributed by atoms with Gasteiger partial charge >= 0.3 is 5.97 Å². The molecule has 3 unspecified atom stereocenters. The maximum absolute atomic E-state index is 11.8. The predicted octanol–water partition coefficient (Wildman–Crippen LogP) is 3.32. The van der Waals surface area contributed by atoms with Crippen LogP contribution in [0.25, 0.3) is 0 Å². The smallest absolute Gasteiger partial charge is 0.309 e. The second-order valence-electron chi connectivity index (χ2n) is 9.58. The summed E-state index contributed by atoms with van der Waals surface area (Å²) in [5.41, 5.74) is 3.74. The lowest BCUT2D eigenvalue weighted by molar-refractivity contribution is -0.143. The number of methoxy groups -OCH3 is 1. The average molecular weight is 482 g/mol. The Hall–Kier alpha value is -2.66. The molecule has 190 valence electrons. The van der Waals surface area contributed by atoms with Gasteiger partial charge in [0, 0.05) is 44.7 Å². The number of nitrogens with zero attached hydrogens (tertiary/aromatic N) is 3. The first kappa shape index (κ1) is 26.9. The molecule has 0 aromatic heterocycles. The molecule has 7 heteroatoms. The molecule has 3 rings (SSSR count). The first-order valence-electron chi connectivity index (χ1n) is 12.6. The summed E-state index contributed by atoms with van der Waals surface area (Å²) in [6, 6.07) is 8.33. The SMILES string of the molecule is CCC1COC(=O)CC=CC(C(O)CN2CCN(C(C)Cc3ccc(C#N)c(OC)c3)CC2)=C1C. The second-order valence-corrected chi connectivity index (χ2v) is 9.58. The summed E-state index contributed by atoms with van der Waals surface area (Å²) >= 11 is 0. The molecule has 0 aliphatic carbocycles. The highest BCUT2D eigenvalue weighted by molar-refractivity contribution is 5.71. The fourth-order valence-electron chi connectivity index (χ4n) is 4.98. The molecule has 0 amide bonds.